The van der Waals surface area contributed by atoms with Crippen LogP contribution in [0, 0.1) is 28.9 Å². The van der Waals surface area contributed by atoms with Crippen molar-refractivity contribution in [1.29, 1.82) is 0 Å². The molecule has 0 amide bonds. The molecule has 0 radical (unpaired) electrons. The molecule has 1 fully saturated rings. The predicted octanol–water partition coefficient (Wildman–Crippen LogP) is 4.53. The zero-order chi connectivity index (χ0) is 14.7. The van der Waals surface area contributed by atoms with Gasteiger partial charge in [0.25, 0.3) is 5.69 Å². The van der Waals surface area contributed by atoms with Crippen molar-refractivity contribution in [3.63, 3.8) is 0 Å². The molecule has 0 heterocycles. The van der Waals surface area contributed by atoms with Crippen LogP contribution in [0.3, 0.4) is 0 Å². The van der Waals surface area contributed by atoms with Crippen molar-refractivity contribution >= 4 is 11.4 Å². The number of nitrogens with one attached hydrogen (secondary N) is 1. The monoisotopic (exact) mass is 276 g/mol. The number of hydrogen-bond donors (Lipinski definition) is 1. The summed E-state index contributed by atoms with van der Waals surface area (Å²) in [4.78, 5) is 10.9. The van der Waals surface area contributed by atoms with Crippen LogP contribution in [0.2, 0.25) is 0 Å². The van der Waals surface area contributed by atoms with Crippen LogP contribution in [0.25, 0.3) is 0 Å². The standard InChI is InChI=1S/C16H24N2O2/c1-11(2)13-5-4-6-14(10-13)17-15-8-7-12(3)9-16(15)18(19)20/h7-9,11,13-14,17H,4-6,10H2,1-3H3. The minimum Gasteiger partial charge on any atom is -0.377 e. The van der Waals surface area contributed by atoms with Gasteiger partial charge in [-0.1, -0.05) is 32.8 Å². The van der Waals surface area contributed by atoms with E-state index < -0.39 is 0 Å². The summed E-state index contributed by atoms with van der Waals surface area (Å²) in [5, 5.41) is 14.6. The lowest BCUT2D eigenvalue weighted by Crippen LogP contribution is -2.29. The number of nitro benzene ring substituents is 1. The number of rotatable bonds is 4. The molecule has 2 rings (SSSR count). The molecule has 4 heteroatoms. The SMILES string of the molecule is Cc1ccc(NC2CCCC(C(C)C)C2)c([N+](=O)[O-])c1. The second kappa shape index (κ2) is 6.25. The van der Waals surface area contributed by atoms with E-state index in [0.29, 0.717) is 17.6 Å². The van der Waals surface area contributed by atoms with Crippen LogP contribution in [0.4, 0.5) is 11.4 Å². The van der Waals surface area contributed by atoms with Gasteiger partial charge in [0.05, 0.1) is 4.92 Å². The summed E-state index contributed by atoms with van der Waals surface area (Å²) < 4.78 is 0. The first-order valence-electron chi connectivity index (χ1n) is 7.49. The van der Waals surface area contributed by atoms with Crippen LogP contribution in [0.15, 0.2) is 18.2 Å². The Hall–Kier alpha value is -1.58. The Bertz CT molecular complexity index is 485. The number of anilines is 1. The first kappa shape index (κ1) is 14.8. The largest absolute Gasteiger partial charge is 0.377 e. The Labute approximate surface area is 120 Å². The smallest absolute Gasteiger partial charge is 0.292 e. The molecule has 0 bridgehead atoms. The lowest BCUT2D eigenvalue weighted by molar-refractivity contribution is -0.384. The first-order chi connectivity index (χ1) is 9.47. The number of aryl methyl sites for hydroxylation is 1. The topological polar surface area (TPSA) is 55.2 Å². The Balaban J connectivity index is 2.11. The summed E-state index contributed by atoms with van der Waals surface area (Å²) in [6.07, 6.45) is 4.71. The highest BCUT2D eigenvalue weighted by molar-refractivity contribution is 5.63. The number of hydrogen-bond acceptors (Lipinski definition) is 3. The second-order valence-electron chi connectivity index (χ2n) is 6.29. The van der Waals surface area contributed by atoms with E-state index in [1.807, 2.05) is 19.1 Å². The molecule has 4 nitrogen and oxygen atoms in total. The lowest BCUT2D eigenvalue weighted by atomic mass is 9.79. The van der Waals surface area contributed by atoms with E-state index in [-0.39, 0.29) is 10.6 Å². The predicted molar refractivity (Wildman–Crippen MR) is 82.0 cm³/mol. The molecular formula is C16H24N2O2. The normalized spacial score (nSPS) is 22.8. The van der Waals surface area contributed by atoms with Gasteiger partial charge in [0.2, 0.25) is 0 Å². The van der Waals surface area contributed by atoms with Gasteiger partial charge >= 0.3 is 0 Å². The molecule has 0 spiro atoms. The summed E-state index contributed by atoms with van der Waals surface area (Å²) in [7, 11) is 0. The summed E-state index contributed by atoms with van der Waals surface area (Å²) >= 11 is 0. The van der Waals surface area contributed by atoms with Crippen LogP contribution in [0.5, 0.6) is 0 Å². The maximum Gasteiger partial charge on any atom is 0.292 e. The molecule has 1 aliphatic carbocycles. The maximum absolute atomic E-state index is 11.2. The van der Waals surface area contributed by atoms with Crippen LogP contribution in [-0.2, 0) is 0 Å². The zero-order valence-electron chi connectivity index (χ0n) is 12.6. The van der Waals surface area contributed by atoms with Gasteiger partial charge in [-0.15, -0.1) is 0 Å². The molecule has 110 valence electrons. The third-order valence-corrected chi connectivity index (χ3v) is 4.37. The van der Waals surface area contributed by atoms with Gasteiger partial charge in [0, 0.05) is 12.1 Å². The molecule has 0 aromatic heterocycles. The Morgan fingerprint density at radius 2 is 2.10 bits per heavy atom. The molecule has 0 aliphatic heterocycles. The van der Waals surface area contributed by atoms with E-state index in [9.17, 15) is 10.1 Å². The lowest BCUT2D eigenvalue weighted by Gasteiger charge is -2.32. The number of benzene rings is 1. The third kappa shape index (κ3) is 3.50. The summed E-state index contributed by atoms with van der Waals surface area (Å²) in [6, 6.07) is 5.77. The maximum atomic E-state index is 11.2. The second-order valence-corrected chi connectivity index (χ2v) is 6.29. The van der Waals surface area contributed by atoms with Gasteiger partial charge in [-0.25, -0.2) is 0 Å². The van der Waals surface area contributed by atoms with Gasteiger partial charge in [-0.2, -0.15) is 0 Å². The van der Waals surface area contributed by atoms with E-state index in [1.54, 1.807) is 6.07 Å². The molecule has 2 atom stereocenters. The number of nitrogens with zero attached hydrogens (tertiary/aromatic N) is 1. The first-order valence-corrected chi connectivity index (χ1v) is 7.49. The highest BCUT2D eigenvalue weighted by Crippen LogP contribution is 2.33. The van der Waals surface area contributed by atoms with E-state index in [0.717, 1.165) is 24.3 Å². The van der Waals surface area contributed by atoms with E-state index in [4.69, 9.17) is 0 Å². The molecular weight excluding hydrogens is 252 g/mol. The minimum absolute atomic E-state index is 0.191. The van der Waals surface area contributed by atoms with Crippen LogP contribution in [0.1, 0.15) is 45.1 Å². The quantitative estimate of drug-likeness (QED) is 0.649. The Morgan fingerprint density at radius 1 is 1.35 bits per heavy atom. The van der Waals surface area contributed by atoms with Gasteiger partial charge in [-0.3, -0.25) is 10.1 Å². The van der Waals surface area contributed by atoms with Gasteiger partial charge in [0.1, 0.15) is 5.69 Å². The Kier molecular flexibility index (Phi) is 4.63. The molecule has 0 saturated heterocycles. The van der Waals surface area contributed by atoms with Gasteiger partial charge < -0.3 is 5.32 Å². The summed E-state index contributed by atoms with van der Waals surface area (Å²) in [5.41, 5.74) is 1.78. The third-order valence-electron chi connectivity index (χ3n) is 4.37. The van der Waals surface area contributed by atoms with Crippen molar-refractivity contribution in [2.45, 2.75) is 52.5 Å². The molecule has 1 aliphatic rings. The van der Waals surface area contributed by atoms with Crippen molar-refractivity contribution in [3.8, 4) is 0 Å². The fourth-order valence-electron chi connectivity index (χ4n) is 3.10. The van der Waals surface area contributed by atoms with E-state index >= 15 is 0 Å². The molecule has 1 saturated carbocycles. The summed E-state index contributed by atoms with van der Waals surface area (Å²) in [6.45, 7) is 6.41. The van der Waals surface area contributed by atoms with Crippen LogP contribution >= 0.6 is 0 Å². The minimum atomic E-state index is -0.294. The average Bonchev–Trinajstić information content (AvgIpc) is 2.41. The highest BCUT2D eigenvalue weighted by Gasteiger charge is 2.25. The average molecular weight is 276 g/mol. The van der Waals surface area contributed by atoms with E-state index in [2.05, 4.69) is 19.2 Å². The highest BCUT2D eigenvalue weighted by atomic mass is 16.6. The molecule has 1 N–H and O–H groups in total. The van der Waals surface area contributed by atoms with Crippen molar-refractivity contribution in [2.24, 2.45) is 11.8 Å². The summed E-state index contributed by atoms with van der Waals surface area (Å²) in [5.74, 6) is 1.42. The molecule has 20 heavy (non-hydrogen) atoms. The zero-order valence-corrected chi connectivity index (χ0v) is 12.6. The fourth-order valence-corrected chi connectivity index (χ4v) is 3.10. The molecule has 2 unspecified atom stereocenters. The molecule has 1 aromatic carbocycles. The Morgan fingerprint density at radius 3 is 2.75 bits per heavy atom. The molecule has 1 aromatic rings. The van der Waals surface area contributed by atoms with Crippen LogP contribution < -0.4 is 5.32 Å². The van der Waals surface area contributed by atoms with Crippen molar-refractivity contribution in [3.05, 3.63) is 33.9 Å². The van der Waals surface area contributed by atoms with Gasteiger partial charge in [-0.05, 0) is 43.2 Å². The van der Waals surface area contributed by atoms with Crippen molar-refractivity contribution in [1.82, 2.24) is 0 Å². The van der Waals surface area contributed by atoms with Crippen LogP contribution in [-0.4, -0.2) is 11.0 Å². The van der Waals surface area contributed by atoms with E-state index in [1.165, 1.54) is 12.8 Å². The van der Waals surface area contributed by atoms with Crippen molar-refractivity contribution < 1.29 is 4.92 Å². The number of nitro groups is 1. The van der Waals surface area contributed by atoms with Gasteiger partial charge in [0.15, 0.2) is 0 Å². The van der Waals surface area contributed by atoms with Crippen molar-refractivity contribution in [2.75, 3.05) is 5.32 Å². The fraction of sp³-hybridized carbons (Fsp3) is 0.625.